The number of anilines is 1. The van der Waals surface area contributed by atoms with Gasteiger partial charge < -0.3 is 15.3 Å². The molecule has 0 radical (unpaired) electrons. The quantitative estimate of drug-likeness (QED) is 0.834. The van der Waals surface area contributed by atoms with Crippen molar-refractivity contribution < 1.29 is 9.90 Å². The second kappa shape index (κ2) is 9.18. The largest absolute Gasteiger partial charge is 0.396 e. The van der Waals surface area contributed by atoms with Gasteiger partial charge in [-0.3, -0.25) is 0 Å². The molecule has 1 saturated carbocycles. The molecule has 2 rings (SSSR count). The van der Waals surface area contributed by atoms with Crippen molar-refractivity contribution in [2.75, 3.05) is 31.0 Å². The van der Waals surface area contributed by atoms with E-state index in [1.807, 2.05) is 35.8 Å². The van der Waals surface area contributed by atoms with Crippen LogP contribution in [0.3, 0.4) is 0 Å². The Labute approximate surface area is 143 Å². The summed E-state index contributed by atoms with van der Waals surface area (Å²) in [7, 11) is 1.87. The first-order valence-electron chi connectivity index (χ1n) is 8.36. The fourth-order valence-corrected chi connectivity index (χ4v) is 3.51. The molecule has 2 amide bonds. The standard InChI is InChI=1S/C18H28N2O2S/c1-20(17-9-5-15(13-21)6-10-17)18(22)19-16-7-3-14(4-8-16)11-12-23-2/h3-4,7-8,15,17,21H,5-6,9-13H2,1-2H3,(H,19,22). The molecular formula is C18H28N2O2S. The van der Waals surface area contributed by atoms with Crippen molar-refractivity contribution in [3.63, 3.8) is 0 Å². The lowest BCUT2D eigenvalue weighted by atomic mass is 9.86. The zero-order chi connectivity index (χ0) is 16.7. The van der Waals surface area contributed by atoms with Crippen LogP contribution in [0.4, 0.5) is 10.5 Å². The van der Waals surface area contributed by atoms with Gasteiger partial charge in [0, 0.05) is 25.4 Å². The Morgan fingerprint density at radius 2 is 1.91 bits per heavy atom. The minimum Gasteiger partial charge on any atom is -0.396 e. The monoisotopic (exact) mass is 336 g/mol. The summed E-state index contributed by atoms with van der Waals surface area (Å²) in [5.41, 5.74) is 2.15. The maximum atomic E-state index is 12.4. The van der Waals surface area contributed by atoms with Crippen molar-refractivity contribution in [1.29, 1.82) is 0 Å². The molecule has 1 aromatic carbocycles. The van der Waals surface area contributed by atoms with Crippen molar-refractivity contribution in [3.8, 4) is 0 Å². The third-order valence-electron chi connectivity index (χ3n) is 4.74. The molecule has 1 aliphatic carbocycles. The van der Waals surface area contributed by atoms with E-state index >= 15 is 0 Å². The molecule has 0 unspecified atom stereocenters. The van der Waals surface area contributed by atoms with E-state index in [2.05, 4.69) is 23.7 Å². The van der Waals surface area contributed by atoms with Crippen LogP contribution in [0.15, 0.2) is 24.3 Å². The fourth-order valence-electron chi connectivity index (χ4n) is 3.07. The van der Waals surface area contributed by atoms with Crippen LogP contribution in [-0.2, 0) is 6.42 Å². The highest BCUT2D eigenvalue weighted by atomic mass is 32.2. The molecule has 0 aromatic heterocycles. The number of rotatable bonds is 6. The Kier molecular flexibility index (Phi) is 7.24. The van der Waals surface area contributed by atoms with Gasteiger partial charge in [-0.1, -0.05) is 12.1 Å². The molecule has 128 valence electrons. The molecule has 0 atom stereocenters. The average Bonchev–Trinajstić information content (AvgIpc) is 2.60. The van der Waals surface area contributed by atoms with E-state index < -0.39 is 0 Å². The zero-order valence-corrected chi connectivity index (χ0v) is 14.9. The number of urea groups is 1. The van der Waals surface area contributed by atoms with Gasteiger partial charge in [0.25, 0.3) is 0 Å². The zero-order valence-electron chi connectivity index (χ0n) is 14.1. The molecule has 0 aliphatic heterocycles. The summed E-state index contributed by atoms with van der Waals surface area (Å²) < 4.78 is 0. The Bertz CT molecular complexity index is 484. The highest BCUT2D eigenvalue weighted by Crippen LogP contribution is 2.27. The number of aliphatic hydroxyl groups excluding tert-OH is 1. The van der Waals surface area contributed by atoms with Crippen LogP contribution in [-0.4, -0.2) is 47.7 Å². The van der Waals surface area contributed by atoms with Crippen molar-refractivity contribution >= 4 is 23.5 Å². The lowest BCUT2D eigenvalue weighted by Crippen LogP contribution is -2.42. The smallest absolute Gasteiger partial charge is 0.321 e. The van der Waals surface area contributed by atoms with Gasteiger partial charge in [-0.05, 0) is 67.7 Å². The maximum absolute atomic E-state index is 12.4. The second-order valence-corrected chi connectivity index (χ2v) is 7.32. The highest BCUT2D eigenvalue weighted by Gasteiger charge is 2.26. The fraction of sp³-hybridized carbons (Fsp3) is 0.611. The van der Waals surface area contributed by atoms with Gasteiger partial charge in [0.2, 0.25) is 0 Å². The predicted octanol–water partition coefficient (Wildman–Crippen LogP) is 3.61. The van der Waals surface area contributed by atoms with Gasteiger partial charge >= 0.3 is 6.03 Å². The number of nitrogens with one attached hydrogen (secondary N) is 1. The number of hydrogen-bond donors (Lipinski definition) is 2. The van der Waals surface area contributed by atoms with Gasteiger partial charge in [0.1, 0.15) is 0 Å². The molecule has 0 saturated heterocycles. The predicted molar refractivity (Wildman–Crippen MR) is 98.1 cm³/mol. The van der Waals surface area contributed by atoms with Crippen LogP contribution in [0.2, 0.25) is 0 Å². The summed E-state index contributed by atoms with van der Waals surface area (Å²) >= 11 is 1.84. The molecule has 1 fully saturated rings. The van der Waals surface area contributed by atoms with E-state index in [0.717, 1.165) is 43.5 Å². The lowest BCUT2D eigenvalue weighted by Gasteiger charge is -2.34. The van der Waals surface area contributed by atoms with E-state index in [1.165, 1.54) is 5.56 Å². The summed E-state index contributed by atoms with van der Waals surface area (Å²) in [5, 5.41) is 12.2. The van der Waals surface area contributed by atoms with Crippen LogP contribution >= 0.6 is 11.8 Å². The minimum atomic E-state index is -0.0469. The van der Waals surface area contributed by atoms with E-state index in [4.69, 9.17) is 0 Å². The van der Waals surface area contributed by atoms with E-state index in [-0.39, 0.29) is 18.7 Å². The summed E-state index contributed by atoms with van der Waals surface area (Å²) in [6.45, 7) is 0.269. The van der Waals surface area contributed by atoms with Gasteiger partial charge in [-0.2, -0.15) is 11.8 Å². The van der Waals surface area contributed by atoms with Gasteiger partial charge in [-0.15, -0.1) is 0 Å². The summed E-state index contributed by atoms with van der Waals surface area (Å²) in [6.07, 6.45) is 7.12. The molecule has 2 N–H and O–H groups in total. The molecule has 4 nitrogen and oxygen atoms in total. The van der Waals surface area contributed by atoms with Crippen molar-refractivity contribution in [2.24, 2.45) is 5.92 Å². The van der Waals surface area contributed by atoms with Gasteiger partial charge in [0.15, 0.2) is 0 Å². The van der Waals surface area contributed by atoms with Crippen molar-refractivity contribution in [1.82, 2.24) is 4.90 Å². The third-order valence-corrected chi connectivity index (χ3v) is 5.35. The first-order chi connectivity index (χ1) is 11.1. The molecular weight excluding hydrogens is 308 g/mol. The number of aryl methyl sites for hydroxylation is 1. The number of carbonyl (C=O) groups is 1. The van der Waals surface area contributed by atoms with Crippen LogP contribution in [0, 0.1) is 5.92 Å². The molecule has 23 heavy (non-hydrogen) atoms. The second-order valence-electron chi connectivity index (χ2n) is 6.34. The van der Waals surface area contributed by atoms with Crippen molar-refractivity contribution in [2.45, 2.75) is 38.1 Å². The van der Waals surface area contributed by atoms with Crippen LogP contribution in [0.1, 0.15) is 31.2 Å². The molecule has 0 spiro atoms. The van der Waals surface area contributed by atoms with Crippen molar-refractivity contribution in [3.05, 3.63) is 29.8 Å². The Morgan fingerprint density at radius 3 is 2.48 bits per heavy atom. The number of carbonyl (C=O) groups excluding carboxylic acids is 1. The van der Waals surface area contributed by atoms with E-state index in [0.29, 0.717) is 5.92 Å². The normalized spacial score (nSPS) is 21.0. The number of amides is 2. The molecule has 5 heteroatoms. The highest BCUT2D eigenvalue weighted by molar-refractivity contribution is 7.98. The Balaban J connectivity index is 1.83. The lowest BCUT2D eigenvalue weighted by molar-refractivity contribution is 0.139. The number of thioether (sulfide) groups is 1. The van der Waals surface area contributed by atoms with E-state index in [1.54, 1.807) is 0 Å². The average molecular weight is 337 g/mol. The number of nitrogens with zero attached hydrogens (tertiary/aromatic N) is 1. The van der Waals surface area contributed by atoms with Crippen LogP contribution in [0.5, 0.6) is 0 Å². The number of aliphatic hydroxyl groups is 1. The van der Waals surface area contributed by atoms with E-state index in [9.17, 15) is 9.90 Å². The molecule has 1 aromatic rings. The Hall–Kier alpha value is -1.20. The summed E-state index contributed by atoms with van der Waals surface area (Å²) in [5.74, 6) is 1.53. The summed E-state index contributed by atoms with van der Waals surface area (Å²) in [6, 6.07) is 8.35. The van der Waals surface area contributed by atoms with Gasteiger partial charge in [0.05, 0.1) is 0 Å². The topological polar surface area (TPSA) is 52.6 Å². The number of benzene rings is 1. The first-order valence-corrected chi connectivity index (χ1v) is 9.76. The third kappa shape index (κ3) is 5.43. The SMILES string of the molecule is CSCCc1ccc(NC(=O)N(C)C2CCC(CO)CC2)cc1. The van der Waals surface area contributed by atoms with Gasteiger partial charge in [-0.25, -0.2) is 4.79 Å². The van der Waals surface area contributed by atoms with Crippen LogP contribution < -0.4 is 5.32 Å². The molecule has 0 heterocycles. The maximum Gasteiger partial charge on any atom is 0.321 e. The number of hydrogen-bond acceptors (Lipinski definition) is 3. The molecule has 1 aliphatic rings. The van der Waals surface area contributed by atoms with Crippen LogP contribution in [0.25, 0.3) is 0 Å². The first kappa shape index (κ1) is 18.1. The Morgan fingerprint density at radius 1 is 1.26 bits per heavy atom. The summed E-state index contributed by atoms with van der Waals surface area (Å²) in [4.78, 5) is 14.2. The molecule has 0 bridgehead atoms. The minimum absolute atomic E-state index is 0.0469.